The molecule has 1 unspecified atom stereocenters. The van der Waals surface area contributed by atoms with Gasteiger partial charge in [0.15, 0.2) is 0 Å². The van der Waals surface area contributed by atoms with Crippen molar-refractivity contribution in [1.29, 1.82) is 0 Å². The molecule has 5 rings (SSSR count). The molecule has 1 heterocycles. The lowest BCUT2D eigenvalue weighted by atomic mass is 9.93. The third kappa shape index (κ3) is 5.26. The van der Waals surface area contributed by atoms with Crippen LogP contribution in [0, 0.1) is 24.6 Å². The Labute approximate surface area is 198 Å². The van der Waals surface area contributed by atoms with Crippen molar-refractivity contribution in [2.24, 2.45) is 11.8 Å². The van der Waals surface area contributed by atoms with E-state index >= 15 is 0 Å². The molecule has 3 aromatic rings. The van der Waals surface area contributed by atoms with Gasteiger partial charge in [0.1, 0.15) is 11.6 Å². The summed E-state index contributed by atoms with van der Waals surface area (Å²) in [5.74, 6) is 1.12. The van der Waals surface area contributed by atoms with Gasteiger partial charge in [-0.2, -0.15) is 0 Å². The van der Waals surface area contributed by atoms with Crippen LogP contribution in [-0.2, 0) is 24.2 Å². The Balaban J connectivity index is 1.23. The van der Waals surface area contributed by atoms with Crippen LogP contribution in [0.4, 0.5) is 4.39 Å². The van der Waals surface area contributed by atoms with Gasteiger partial charge in [-0.05, 0) is 104 Å². The van der Waals surface area contributed by atoms with Gasteiger partial charge < -0.3 is 10.1 Å². The number of ether oxygens (including phenoxy) is 1. The van der Waals surface area contributed by atoms with E-state index in [9.17, 15) is 9.18 Å². The molecular weight excluding hydrogens is 433 g/mol. The molecule has 0 spiro atoms. The Bertz CT molecular complexity index is 1170. The molecule has 3 nitrogen and oxygen atoms in total. The van der Waals surface area contributed by atoms with Gasteiger partial charge in [-0.25, -0.2) is 9.18 Å². The van der Waals surface area contributed by atoms with E-state index in [4.69, 9.17) is 4.74 Å². The maximum Gasteiger partial charge on any atom is 0.336 e. The fourth-order valence-corrected chi connectivity index (χ4v) is 6.11. The molecule has 0 aliphatic heterocycles. The first-order valence-corrected chi connectivity index (χ1v) is 12.4. The summed E-state index contributed by atoms with van der Waals surface area (Å²) in [6.07, 6.45) is 7.63. The highest BCUT2D eigenvalue weighted by Crippen LogP contribution is 2.41. The lowest BCUT2D eigenvalue weighted by molar-refractivity contribution is -0.128. The van der Waals surface area contributed by atoms with Crippen molar-refractivity contribution in [2.45, 2.75) is 45.2 Å². The summed E-state index contributed by atoms with van der Waals surface area (Å²) in [6, 6.07) is 17.0. The predicted molar refractivity (Wildman–Crippen MR) is 131 cm³/mol. The van der Waals surface area contributed by atoms with Crippen LogP contribution in [0.25, 0.3) is 6.08 Å². The molecule has 33 heavy (non-hydrogen) atoms. The molecule has 3 atom stereocenters. The maximum atomic E-state index is 13.0. The second-order valence-corrected chi connectivity index (χ2v) is 10.5. The fraction of sp³-hybridized carbons (Fsp3) is 0.321. The molecule has 1 fully saturated rings. The van der Waals surface area contributed by atoms with Crippen LogP contribution in [0.3, 0.4) is 0 Å². The van der Waals surface area contributed by atoms with Crippen molar-refractivity contribution in [3.8, 4) is 5.75 Å². The lowest BCUT2D eigenvalue weighted by Gasteiger charge is -2.23. The molecule has 0 amide bonds. The SMILES string of the molecule is Cc1ccc(CN[C@@H]2C3CC[C@H]2Cc2cc(OC(=O)/C=C/c4ccc(F)cc4)ccc2C3)s1. The molecular formula is C28H28FNO2S. The van der Waals surface area contributed by atoms with Crippen LogP contribution in [0.15, 0.2) is 60.7 Å². The molecule has 5 heteroatoms. The van der Waals surface area contributed by atoms with Crippen LogP contribution < -0.4 is 10.1 Å². The number of esters is 1. The maximum absolute atomic E-state index is 13.0. The van der Waals surface area contributed by atoms with Gasteiger partial charge in [0.2, 0.25) is 0 Å². The average molecular weight is 462 g/mol. The summed E-state index contributed by atoms with van der Waals surface area (Å²) in [7, 11) is 0. The molecule has 0 saturated heterocycles. The largest absolute Gasteiger partial charge is 0.423 e. The Morgan fingerprint density at radius 2 is 1.82 bits per heavy atom. The van der Waals surface area contributed by atoms with Gasteiger partial charge in [0, 0.05) is 28.4 Å². The number of fused-ring (bicyclic) bond motifs is 3. The molecule has 170 valence electrons. The van der Waals surface area contributed by atoms with Crippen molar-refractivity contribution in [2.75, 3.05) is 0 Å². The zero-order valence-corrected chi connectivity index (χ0v) is 19.5. The van der Waals surface area contributed by atoms with E-state index in [0.717, 1.165) is 24.9 Å². The average Bonchev–Trinajstić information content (AvgIpc) is 3.34. The minimum Gasteiger partial charge on any atom is -0.423 e. The van der Waals surface area contributed by atoms with Gasteiger partial charge >= 0.3 is 5.97 Å². The smallest absolute Gasteiger partial charge is 0.336 e. The Kier molecular flexibility index (Phi) is 6.43. The predicted octanol–water partition coefficient (Wildman–Crippen LogP) is 6.10. The monoisotopic (exact) mass is 461 g/mol. The molecule has 1 aromatic heterocycles. The molecule has 2 aliphatic carbocycles. The number of carbonyl (C=O) groups is 1. The highest BCUT2D eigenvalue weighted by Gasteiger charge is 2.38. The summed E-state index contributed by atoms with van der Waals surface area (Å²) in [4.78, 5) is 15.1. The van der Waals surface area contributed by atoms with E-state index in [2.05, 4.69) is 30.4 Å². The van der Waals surface area contributed by atoms with E-state index < -0.39 is 5.97 Å². The standard InChI is InChI=1S/C28H28FNO2S/c1-18-2-12-26(33-18)17-30-28-21-6-7-22(28)15-23-16-25(11-8-20(23)14-21)32-27(31)13-5-19-3-9-24(29)10-4-19/h2-5,8-13,16,21-22,28,30H,6-7,14-15,17H2,1H3/b13-5+/t21?,22-,28+/m0/s1. The number of carbonyl (C=O) groups excluding carboxylic acids is 1. The second kappa shape index (κ2) is 9.62. The normalized spacial score (nSPS) is 21.7. The number of hydrogen-bond donors (Lipinski definition) is 1. The van der Waals surface area contributed by atoms with Gasteiger partial charge in [-0.3, -0.25) is 0 Å². The van der Waals surface area contributed by atoms with E-state index in [0.29, 0.717) is 23.6 Å². The first-order chi connectivity index (χ1) is 16.0. The number of benzene rings is 2. The van der Waals surface area contributed by atoms with Crippen molar-refractivity contribution in [3.63, 3.8) is 0 Å². The highest BCUT2D eigenvalue weighted by atomic mass is 32.1. The Morgan fingerprint density at radius 1 is 1.06 bits per heavy atom. The van der Waals surface area contributed by atoms with E-state index in [-0.39, 0.29) is 5.82 Å². The van der Waals surface area contributed by atoms with Crippen LogP contribution in [0.2, 0.25) is 0 Å². The second-order valence-electron chi connectivity index (χ2n) is 9.16. The van der Waals surface area contributed by atoms with Crippen LogP contribution in [-0.4, -0.2) is 12.0 Å². The summed E-state index contributed by atoms with van der Waals surface area (Å²) >= 11 is 1.87. The number of aryl methyl sites for hydroxylation is 1. The molecule has 0 radical (unpaired) electrons. The van der Waals surface area contributed by atoms with Crippen LogP contribution in [0.5, 0.6) is 5.75 Å². The summed E-state index contributed by atoms with van der Waals surface area (Å²) < 4.78 is 18.6. The molecule has 2 aliphatic rings. The van der Waals surface area contributed by atoms with Crippen LogP contribution in [0.1, 0.15) is 39.3 Å². The van der Waals surface area contributed by atoms with E-state index in [1.165, 1.54) is 51.9 Å². The van der Waals surface area contributed by atoms with Crippen molar-refractivity contribution in [1.82, 2.24) is 5.32 Å². The summed E-state index contributed by atoms with van der Waals surface area (Å²) in [5.41, 5.74) is 3.43. The minimum absolute atomic E-state index is 0.299. The third-order valence-electron chi connectivity index (χ3n) is 6.87. The summed E-state index contributed by atoms with van der Waals surface area (Å²) in [6.45, 7) is 3.10. The number of nitrogens with one attached hydrogen (secondary N) is 1. The Morgan fingerprint density at radius 3 is 2.55 bits per heavy atom. The number of thiophene rings is 1. The highest BCUT2D eigenvalue weighted by molar-refractivity contribution is 7.11. The first-order valence-electron chi connectivity index (χ1n) is 11.6. The van der Waals surface area contributed by atoms with E-state index in [1.54, 1.807) is 18.2 Å². The zero-order valence-electron chi connectivity index (χ0n) is 18.7. The number of halogens is 1. The van der Waals surface area contributed by atoms with Gasteiger partial charge in [0.05, 0.1) is 0 Å². The number of hydrogen-bond acceptors (Lipinski definition) is 4. The Hall–Kier alpha value is -2.76. The fourth-order valence-electron chi connectivity index (χ4n) is 5.27. The number of rotatable bonds is 6. The summed E-state index contributed by atoms with van der Waals surface area (Å²) in [5, 5.41) is 3.86. The molecule has 1 saturated carbocycles. The van der Waals surface area contributed by atoms with Gasteiger partial charge in [-0.1, -0.05) is 18.2 Å². The van der Waals surface area contributed by atoms with Crippen molar-refractivity contribution < 1.29 is 13.9 Å². The first kappa shape index (κ1) is 22.1. The lowest BCUT2D eigenvalue weighted by Crippen LogP contribution is -2.37. The molecule has 2 bridgehead atoms. The molecule has 2 aromatic carbocycles. The van der Waals surface area contributed by atoms with E-state index in [1.807, 2.05) is 23.5 Å². The minimum atomic E-state index is -0.430. The van der Waals surface area contributed by atoms with Crippen LogP contribution >= 0.6 is 11.3 Å². The topological polar surface area (TPSA) is 38.3 Å². The van der Waals surface area contributed by atoms with Crippen molar-refractivity contribution in [3.05, 3.63) is 92.9 Å². The zero-order chi connectivity index (χ0) is 22.8. The quantitative estimate of drug-likeness (QED) is 0.274. The third-order valence-corrected chi connectivity index (χ3v) is 7.87. The van der Waals surface area contributed by atoms with Gasteiger partial charge in [-0.15, -0.1) is 11.3 Å². The van der Waals surface area contributed by atoms with Gasteiger partial charge in [0.25, 0.3) is 0 Å². The molecule has 1 N–H and O–H groups in total. The van der Waals surface area contributed by atoms with Crippen molar-refractivity contribution >= 4 is 23.4 Å².